The van der Waals surface area contributed by atoms with Gasteiger partial charge in [0.1, 0.15) is 0 Å². The molecular weight excluding hydrogens is 328 g/mol. The quantitative estimate of drug-likeness (QED) is 0.862. The highest BCUT2D eigenvalue weighted by Gasteiger charge is 2.38. The first-order valence-corrected chi connectivity index (χ1v) is 9.54. The Kier molecular flexibility index (Phi) is 5.94. The molecular formula is C20H30N4O2. The Bertz CT molecular complexity index is 628. The van der Waals surface area contributed by atoms with Crippen molar-refractivity contribution in [3.8, 4) is 0 Å². The molecule has 2 saturated heterocycles. The van der Waals surface area contributed by atoms with E-state index in [1.165, 1.54) is 5.56 Å². The topological polar surface area (TPSA) is 69.9 Å². The van der Waals surface area contributed by atoms with Crippen LogP contribution in [0.25, 0.3) is 0 Å². The van der Waals surface area contributed by atoms with E-state index in [0.717, 1.165) is 13.1 Å². The molecule has 2 fully saturated rings. The molecule has 0 aromatic heterocycles. The average molecular weight is 358 g/mol. The Hall–Kier alpha value is -1.92. The molecule has 6 heteroatoms. The van der Waals surface area contributed by atoms with Gasteiger partial charge in [0.05, 0.1) is 6.04 Å². The van der Waals surface area contributed by atoms with Crippen LogP contribution in [0.5, 0.6) is 0 Å². The molecule has 0 bridgehead atoms. The maximum absolute atomic E-state index is 12.9. The summed E-state index contributed by atoms with van der Waals surface area (Å²) < 4.78 is 0. The summed E-state index contributed by atoms with van der Waals surface area (Å²) in [6.07, 6.45) is 0. The summed E-state index contributed by atoms with van der Waals surface area (Å²) in [5.74, 6) is 1.01. The summed E-state index contributed by atoms with van der Waals surface area (Å²) in [4.78, 5) is 30.4. The zero-order valence-electron chi connectivity index (χ0n) is 15.8. The third-order valence-corrected chi connectivity index (χ3v) is 5.94. The highest BCUT2D eigenvalue weighted by atomic mass is 16.2. The van der Waals surface area contributed by atoms with Gasteiger partial charge in [-0.25, -0.2) is 0 Å². The number of amides is 2. The molecule has 3 rings (SSSR count). The summed E-state index contributed by atoms with van der Waals surface area (Å²) in [5.41, 5.74) is 7.33. The van der Waals surface area contributed by atoms with Crippen molar-refractivity contribution in [3.63, 3.8) is 0 Å². The predicted molar refractivity (Wildman–Crippen MR) is 102 cm³/mol. The molecule has 0 spiro atoms. The van der Waals surface area contributed by atoms with Crippen molar-refractivity contribution in [2.45, 2.75) is 25.8 Å². The van der Waals surface area contributed by atoms with Crippen molar-refractivity contribution in [2.24, 2.45) is 11.7 Å². The van der Waals surface area contributed by atoms with Crippen LogP contribution in [0, 0.1) is 5.92 Å². The first-order chi connectivity index (χ1) is 12.5. The summed E-state index contributed by atoms with van der Waals surface area (Å²) in [6, 6.07) is 10.3. The molecule has 0 aliphatic carbocycles. The summed E-state index contributed by atoms with van der Waals surface area (Å²) >= 11 is 0. The number of carbonyl (C=O) groups is 2. The van der Waals surface area contributed by atoms with Gasteiger partial charge in [0, 0.05) is 52.1 Å². The molecule has 2 heterocycles. The van der Waals surface area contributed by atoms with E-state index in [2.05, 4.69) is 29.2 Å². The van der Waals surface area contributed by atoms with E-state index in [9.17, 15) is 9.59 Å². The van der Waals surface area contributed by atoms with E-state index in [4.69, 9.17) is 5.73 Å². The second kappa shape index (κ2) is 8.18. The van der Waals surface area contributed by atoms with Crippen LogP contribution >= 0.6 is 0 Å². The van der Waals surface area contributed by atoms with Gasteiger partial charge < -0.3 is 15.5 Å². The Morgan fingerprint density at radius 2 is 1.69 bits per heavy atom. The molecule has 142 valence electrons. The van der Waals surface area contributed by atoms with Gasteiger partial charge in [0.15, 0.2) is 0 Å². The van der Waals surface area contributed by atoms with Gasteiger partial charge in [-0.1, -0.05) is 30.3 Å². The van der Waals surface area contributed by atoms with E-state index < -0.39 is 0 Å². The average Bonchev–Trinajstić information content (AvgIpc) is 3.12. The lowest BCUT2D eigenvalue weighted by molar-refractivity contribution is -0.141. The molecule has 2 aliphatic heterocycles. The number of hydrogen-bond donors (Lipinski definition) is 1. The number of nitrogens with zero attached hydrogens (tertiary/aromatic N) is 3. The lowest BCUT2D eigenvalue weighted by Gasteiger charge is -2.37. The van der Waals surface area contributed by atoms with E-state index in [1.54, 1.807) is 11.8 Å². The predicted octanol–water partition coefficient (Wildman–Crippen LogP) is 0.740. The molecule has 2 amide bonds. The maximum atomic E-state index is 12.9. The number of rotatable bonds is 4. The minimum Gasteiger partial charge on any atom is -0.339 e. The normalized spacial score (nSPS) is 25.3. The van der Waals surface area contributed by atoms with Crippen molar-refractivity contribution in [1.29, 1.82) is 0 Å². The molecule has 0 saturated carbocycles. The van der Waals surface area contributed by atoms with Crippen molar-refractivity contribution < 1.29 is 9.59 Å². The summed E-state index contributed by atoms with van der Waals surface area (Å²) in [7, 11) is 0. The molecule has 26 heavy (non-hydrogen) atoms. The number of nitrogens with two attached hydrogens (primary N) is 1. The third-order valence-electron chi connectivity index (χ3n) is 5.94. The fraction of sp³-hybridized carbons (Fsp3) is 0.600. The van der Waals surface area contributed by atoms with Gasteiger partial charge >= 0.3 is 0 Å². The van der Waals surface area contributed by atoms with Crippen LogP contribution in [0.3, 0.4) is 0 Å². The lowest BCUT2D eigenvalue weighted by atomic mass is 9.89. The van der Waals surface area contributed by atoms with Crippen molar-refractivity contribution in [1.82, 2.24) is 14.7 Å². The molecule has 1 aromatic carbocycles. The molecule has 6 nitrogen and oxygen atoms in total. The number of likely N-dealkylation sites (tertiary alicyclic amines) is 1. The number of hydrogen-bond acceptors (Lipinski definition) is 4. The summed E-state index contributed by atoms with van der Waals surface area (Å²) in [5, 5.41) is 0. The number of benzene rings is 1. The highest BCUT2D eigenvalue weighted by molar-refractivity contribution is 5.82. The van der Waals surface area contributed by atoms with Gasteiger partial charge in [0.2, 0.25) is 11.8 Å². The Labute approximate surface area is 155 Å². The van der Waals surface area contributed by atoms with E-state index in [0.29, 0.717) is 44.6 Å². The number of piperazine rings is 1. The van der Waals surface area contributed by atoms with E-state index in [-0.39, 0.29) is 17.9 Å². The highest BCUT2D eigenvalue weighted by Crippen LogP contribution is 2.33. The zero-order chi connectivity index (χ0) is 18.7. The monoisotopic (exact) mass is 358 g/mol. The largest absolute Gasteiger partial charge is 0.339 e. The van der Waals surface area contributed by atoms with Crippen LogP contribution in [0.4, 0.5) is 0 Å². The molecule has 2 N–H and O–H groups in total. The molecule has 2 aliphatic rings. The van der Waals surface area contributed by atoms with Crippen molar-refractivity contribution >= 4 is 11.8 Å². The first-order valence-electron chi connectivity index (χ1n) is 9.54. The van der Waals surface area contributed by atoms with Crippen LogP contribution in [-0.2, 0) is 9.59 Å². The fourth-order valence-electron chi connectivity index (χ4n) is 4.20. The second-order valence-electron chi connectivity index (χ2n) is 7.47. The van der Waals surface area contributed by atoms with E-state index in [1.807, 2.05) is 17.9 Å². The van der Waals surface area contributed by atoms with Crippen LogP contribution in [0.2, 0.25) is 0 Å². The molecule has 0 radical (unpaired) electrons. The Balaban J connectivity index is 1.62. The van der Waals surface area contributed by atoms with E-state index >= 15 is 0 Å². The lowest BCUT2D eigenvalue weighted by Crippen LogP contribution is -2.54. The third kappa shape index (κ3) is 3.91. The Morgan fingerprint density at radius 1 is 1.08 bits per heavy atom. The standard InChI is InChI=1S/C20H30N4O2/c1-15(20(26)23-10-8-22(9-11-23)16(2)25)24-13-18(12-21)19(14-24)17-6-4-3-5-7-17/h3-7,15,18-19H,8-14,21H2,1-2H3/t15?,18-,19+/m1/s1. The first kappa shape index (κ1) is 18.9. The molecule has 1 aromatic rings. The van der Waals surface area contributed by atoms with Crippen molar-refractivity contribution in [2.75, 3.05) is 45.8 Å². The van der Waals surface area contributed by atoms with Crippen LogP contribution in [0.15, 0.2) is 30.3 Å². The van der Waals surface area contributed by atoms with Gasteiger partial charge in [-0.3, -0.25) is 14.5 Å². The Morgan fingerprint density at radius 3 is 2.27 bits per heavy atom. The van der Waals surface area contributed by atoms with Gasteiger partial charge in [-0.2, -0.15) is 0 Å². The zero-order valence-corrected chi connectivity index (χ0v) is 15.8. The summed E-state index contributed by atoms with van der Waals surface area (Å²) in [6.45, 7) is 8.45. The van der Waals surface area contributed by atoms with Gasteiger partial charge in [-0.15, -0.1) is 0 Å². The van der Waals surface area contributed by atoms with Crippen LogP contribution in [0.1, 0.15) is 25.3 Å². The molecule has 3 atom stereocenters. The smallest absolute Gasteiger partial charge is 0.239 e. The minimum absolute atomic E-state index is 0.0844. The van der Waals surface area contributed by atoms with Crippen molar-refractivity contribution in [3.05, 3.63) is 35.9 Å². The van der Waals surface area contributed by atoms with Gasteiger partial charge in [-0.05, 0) is 24.9 Å². The number of carbonyl (C=O) groups excluding carboxylic acids is 2. The SMILES string of the molecule is CC(=O)N1CCN(C(=O)C(C)N2C[C@@H](CN)[C@H](c3ccccc3)C2)CC1. The van der Waals surface area contributed by atoms with Gasteiger partial charge in [0.25, 0.3) is 0 Å². The fourth-order valence-corrected chi connectivity index (χ4v) is 4.20. The maximum Gasteiger partial charge on any atom is 0.239 e. The minimum atomic E-state index is -0.151. The van der Waals surface area contributed by atoms with Crippen LogP contribution < -0.4 is 5.73 Å². The second-order valence-corrected chi connectivity index (χ2v) is 7.47. The van der Waals surface area contributed by atoms with Crippen LogP contribution in [-0.4, -0.2) is 78.4 Å². The molecule has 1 unspecified atom stereocenters.